The van der Waals surface area contributed by atoms with Gasteiger partial charge in [-0.2, -0.15) is 5.10 Å². The second kappa shape index (κ2) is 5.56. The molecule has 0 saturated carbocycles. The molecule has 100 valence electrons. The molecule has 19 heavy (non-hydrogen) atoms. The van der Waals surface area contributed by atoms with E-state index in [0.717, 1.165) is 11.1 Å². The van der Waals surface area contributed by atoms with E-state index in [0.29, 0.717) is 5.82 Å². The molecule has 0 aliphatic carbocycles. The van der Waals surface area contributed by atoms with Gasteiger partial charge in [0.15, 0.2) is 5.82 Å². The van der Waals surface area contributed by atoms with Crippen molar-refractivity contribution in [3.05, 3.63) is 47.7 Å². The molecule has 1 aromatic heterocycles. The Morgan fingerprint density at radius 2 is 2.05 bits per heavy atom. The first-order valence-corrected chi connectivity index (χ1v) is 6.09. The van der Waals surface area contributed by atoms with E-state index in [1.54, 1.807) is 11.7 Å². The largest absolute Gasteiger partial charge is 0.441 e. The van der Waals surface area contributed by atoms with Crippen molar-refractivity contribution < 1.29 is 9.53 Å². The van der Waals surface area contributed by atoms with Crippen molar-refractivity contribution in [1.29, 1.82) is 0 Å². The van der Waals surface area contributed by atoms with E-state index in [1.165, 1.54) is 0 Å². The number of amides is 1. The fourth-order valence-corrected chi connectivity index (χ4v) is 1.81. The van der Waals surface area contributed by atoms with Crippen LogP contribution in [0.4, 0.5) is 10.6 Å². The van der Waals surface area contributed by atoms with Crippen LogP contribution in [0.3, 0.4) is 0 Å². The highest BCUT2D eigenvalue weighted by Gasteiger charge is 2.13. The van der Waals surface area contributed by atoms with Crippen LogP contribution in [0.25, 0.3) is 0 Å². The minimum Gasteiger partial charge on any atom is -0.441 e. The molecule has 2 aromatic rings. The summed E-state index contributed by atoms with van der Waals surface area (Å²) in [6.45, 7) is 3.71. The summed E-state index contributed by atoms with van der Waals surface area (Å²) in [5.74, 6) is 0.521. The monoisotopic (exact) mass is 259 g/mol. The molecule has 1 atom stereocenters. The lowest BCUT2D eigenvalue weighted by Gasteiger charge is -2.13. The Labute approximate surface area is 112 Å². The fraction of sp³-hybridized carbons (Fsp3) is 0.286. The highest BCUT2D eigenvalue weighted by Crippen LogP contribution is 2.17. The smallest absolute Gasteiger partial charge is 0.413 e. The van der Waals surface area contributed by atoms with Crippen LogP contribution in [0.2, 0.25) is 0 Å². The first-order chi connectivity index (χ1) is 9.06. The first kappa shape index (κ1) is 13.1. The van der Waals surface area contributed by atoms with E-state index in [9.17, 15) is 4.79 Å². The van der Waals surface area contributed by atoms with Gasteiger partial charge in [-0.05, 0) is 19.4 Å². The molecular formula is C14H17N3O2. The van der Waals surface area contributed by atoms with Crippen LogP contribution in [-0.4, -0.2) is 15.9 Å². The maximum atomic E-state index is 11.8. The van der Waals surface area contributed by atoms with Crippen molar-refractivity contribution >= 4 is 11.9 Å². The molecule has 1 N–H and O–H groups in total. The summed E-state index contributed by atoms with van der Waals surface area (Å²) >= 11 is 0. The van der Waals surface area contributed by atoms with Gasteiger partial charge in [0.2, 0.25) is 0 Å². The third-order valence-electron chi connectivity index (χ3n) is 2.79. The van der Waals surface area contributed by atoms with Gasteiger partial charge in [-0.3, -0.25) is 10.00 Å². The summed E-state index contributed by atoms with van der Waals surface area (Å²) in [7, 11) is 1.80. The predicted octanol–water partition coefficient (Wildman–Crippen LogP) is 3.04. The summed E-state index contributed by atoms with van der Waals surface area (Å²) in [5, 5.41) is 6.77. The number of aryl methyl sites for hydroxylation is 2. The predicted molar refractivity (Wildman–Crippen MR) is 72.9 cm³/mol. The second-order valence-electron chi connectivity index (χ2n) is 4.42. The Hall–Kier alpha value is -2.30. The van der Waals surface area contributed by atoms with Crippen molar-refractivity contribution in [1.82, 2.24) is 9.78 Å². The number of anilines is 1. The molecule has 0 saturated heterocycles. The maximum Gasteiger partial charge on any atom is 0.413 e. The number of nitrogens with zero attached hydrogens (tertiary/aromatic N) is 2. The number of hydrogen-bond donors (Lipinski definition) is 1. The van der Waals surface area contributed by atoms with E-state index in [2.05, 4.69) is 10.4 Å². The number of rotatable bonds is 3. The van der Waals surface area contributed by atoms with Crippen LogP contribution in [0.1, 0.15) is 24.2 Å². The number of aromatic nitrogens is 2. The molecule has 0 spiro atoms. The molecule has 1 amide bonds. The molecular weight excluding hydrogens is 242 g/mol. The summed E-state index contributed by atoms with van der Waals surface area (Å²) in [4.78, 5) is 11.8. The third kappa shape index (κ3) is 3.34. The zero-order chi connectivity index (χ0) is 13.8. The van der Waals surface area contributed by atoms with Gasteiger partial charge in [0.25, 0.3) is 0 Å². The Kier molecular flexibility index (Phi) is 3.85. The zero-order valence-corrected chi connectivity index (χ0v) is 11.3. The second-order valence-corrected chi connectivity index (χ2v) is 4.42. The van der Waals surface area contributed by atoms with E-state index in [4.69, 9.17) is 4.74 Å². The van der Waals surface area contributed by atoms with Gasteiger partial charge in [0.05, 0.1) is 0 Å². The van der Waals surface area contributed by atoms with Gasteiger partial charge in [0.1, 0.15) is 6.10 Å². The molecule has 5 nitrogen and oxygen atoms in total. The van der Waals surface area contributed by atoms with Crippen molar-refractivity contribution in [2.45, 2.75) is 20.0 Å². The molecule has 1 aromatic carbocycles. The summed E-state index contributed by atoms with van der Waals surface area (Å²) in [6.07, 6.45) is 1.03. The van der Waals surface area contributed by atoms with Crippen molar-refractivity contribution in [2.24, 2.45) is 7.05 Å². The van der Waals surface area contributed by atoms with E-state index in [1.807, 2.05) is 50.4 Å². The maximum absolute atomic E-state index is 11.8. The topological polar surface area (TPSA) is 56.2 Å². The van der Waals surface area contributed by atoms with E-state index in [-0.39, 0.29) is 6.10 Å². The van der Waals surface area contributed by atoms with Crippen molar-refractivity contribution in [2.75, 3.05) is 5.32 Å². The van der Waals surface area contributed by atoms with Gasteiger partial charge < -0.3 is 4.74 Å². The lowest BCUT2D eigenvalue weighted by Crippen LogP contribution is -2.17. The molecule has 0 aliphatic heterocycles. The molecule has 2 rings (SSSR count). The van der Waals surface area contributed by atoms with Gasteiger partial charge in [-0.25, -0.2) is 4.79 Å². The zero-order valence-electron chi connectivity index (χ0n) is 11.3. The van der Waals surface area contributed by atoms with Crippen LogP contribution in [-0.2, 0) is 11.8 Å². The number of ether oxygens (including phenoxy) is 1. The van der Waals surface area contributed by atoms with Crippen LogP contribution >= 0.6 is 0 Å². The molecule has 0 bridgehead atoms. The highest BCUT2D eigenvalue weighted by molar-refractivity contribution is 5.84. The Morgan fingerprint density at radius 1 is 1.37 bits per heavy atom. The minimum atomic E-state index is -0.502. The van der Waals surface area contributed by atoms with Crippen LogP contribution in [0.5, 0.6) is 0 Å². The van der Waals surface area contributed by atoms with Crippen molar-refractivity contribution in [3.8, 4) is 0 Å². The quantitative estimate of drug-likeness (QED) is 0.921. The van der Waals surface area contributed by atoms with E-state index < -0.39 is 6.09 Å². The molecule has 0 aliphatic rings. The highest BCUT2D eigenvalue weighted by atomic mass is 16.6. The van der Waals surface area contributed by atoms with Crippen LogP contribution < -0.4 is 5.32 Å². The first-order valence-electron chi connectivity index (χ1n) is 6.09. The standard InChI is InChI=1S/C14H17N3O2/c1-10-9-17(3)16-13(10)15-14(18)19-11(2)12-7-5-4-6-8-12/h4-9,11H,1-3H3,(H,15,16,18)/t11-/m1/s1. The number of nitrogens with one attached hydrogen (secondary N) is 1. The summed E-state index contributed by atoms with van der Waals surface area (Å²) in [6, 6.07) is 9.59. The number of benzene rings is 1. The Morgan fingerprint density at radius 3 is 2.63 bits per heavy atom. The van der Waals surface area contributed by atoms with Crippen molar-refractivity contribution in [3.63, 3.8) is 0 Å². The number of carbonyl (C=O) groups is 1. The van der Waals surface area contributed by atoms with Gasteiger partial charge >= 0.3 is 6.09 Å². The molecule has 1 heterocycles. The van der Waals surface area contributed by atoms with Gasteiger partial charge in [-0.1, -0.05) is 30.3 Å². The summed E-state index contributed by atoms with van der Waals surface area (Å²) in [5.41, 5.74) is 1.85. The number of carbonyl (C=O) groups excluding carboxylic acids is 1. The average Bonchev–Trinajstić information content (AvgIpc) is 2.68. The van der Waals surface area contributed by atoms with E-state index >= 15 is 0 Å². The SMILES string of the molecule is Cc1cn(C)nc1NC(=O)O[C@H](C)c1ccccc1. The molecule has 0 radical (unpaired) electrons. The Bertz CT molecular complexity index is 563. The van der Waals surface area contributed by atoms with Crippen LogP contribution in [0, 0.1) is 6.92 Å². The third-order valence-corrected chi connectivity index (χ3v) is 2.79. The lowest BCUT2D eigenvalue weighted by molar-refractivity contribution is 0.121. The molecule has 0 fully saturated rings. The fourth-order valence-electron chi connectivity index (χ4n) is 1.81. The number of hydrogen-bond acceptors (Lipinski definition) is 3. The normalized spacial score (nSPS) is 11.9. The average molecular weight is 259 g/mol. The Balaban J connectivity index is 1.96. The minimum absolute atomic E-state index is 0.301. The van der Waals surface area contributed by atoms with Gasteiger partial charge in [-0.15, -0.1) is 0 Å². The molecule has 0 unspecified atom stereocenters. The lowest BCUT2D eigenvalue weighted by atomic mass is 10.1. The summed E-state index contributed by atoms with van der Waals surface area (Å²) < 4.78 is 6.95. The van der Waals surface area contributed by atoms with Crippen LogP contribution in [0.15, 0.2) is 36.5 Å². The molecule has 5 heteroatoms. The van der Waals surface area contributed by atoms with Gasteiger partial charge in [0, 0.05) is 18.8 Å².